The van der Waals surface area contributed by atoms with Gasteiger partial charge in [0.25, 0.3) is 0 Å². The molecule has 102 valence electrons. The van der Waals surface area contributed by atoms with Gasteiger partial charge in [0.15, 0.2) is 0 Å². The smallest absolute Gasteiger partial charge is 0.238 e. The first-order valence-corrected chi connectivity index (χ1v) is 6.17. The summed E-state index contributed by atoms with van der Waals surface area (Å²) >= 11 is 0. The van der Waals surface area contributed by atoms with Crippen molar-refractivity contribution in [3.05, 3.63) is 29.3 Å². The first-order chi connectivity index (χ1) is 8.97. The molecule has 0 radical (unpaired) electrons. The van der Waals surface area contributed by atoms with Gasteiger partial charge < -0.3 is 11.1 Å². The molecular weight excluding hydrogens is 244 g/mol. The molecule has 2 amide bonds. The summed E-state index contributed by atoms with van der Waals surface area (Å²) in [6.07, 6.45) is 1.35. The number of hydrogen-bond donors (Lipinski definition) is 3. The maximum atomic E-state index is 11.5. The second kappa shape index (κ2) is 5.38. The largest absolute Gasteiger partial charge is 0.326 e. The summed E-state index contributed by atoms with van der Waals surface area (Å²) in [5.74, 6) is 5.19. The molecule has 0 spiro atoms. The fourth-order valence-electron chi connectivity index (χ4n) is 2.08. The number of hydrogen-bond acceptors (Lipinski definition) is 4. The van der Waals surface area contributed by atoms with Crippen LogP contribution in [0.3, 0.4) is 0 Å². The van der Waals surface area contributed by atoms with Crippen molar-refractivity contribution in [1.29, 1.82) is 0 Å². The molecule has 19 heavy (non-hydrogen) atoms. The predicted octanol–water partition coefficient (Wildman–Crippen LogP) is 0.293. The Balaban J connectivity index is 2.13. The standard InChI is InChI=1S/C13H18N4O2/c1-17(15)13(19)7-10(14)8-2-4-11-9(6-8)3-5-12(18)16-11/h2,4,6,10H,3,5,7,14-15H2,1H3,(H,16,18). The first kappa shape index (κ1) is 13.5. The zero-order valence-electron chi connectivity index (χ0n) is 10.8. The number of anilines is 1. The van der Waals surface area contributed by atoms with Gasteiger partial charge in [0.05, 0.1) is 0 Å². The van der Waals surface area contributed by atoms with Gasteiger partial charge in [-0.05, 0) is 23.6 Å². The molecule has 1 heterocycles. The van der Waals surface area contributed by atoms with Crippen molar-refractivity contribution >= 4 is 17.5 Å². The van der Waals surface area contributed by atoms with Gasteiger partial charge in [0, 0.05) is 31.6 Å². The maximum Gasteiger partial charge on any atom is 0.238 e. The number of nitrogens with two attached hydrogens (primary N) is 2. The van der Waals surface area contributed by atoms with Gasteiger partial charge >= 0.3 is 0 Å². The van der Waals surface area contributed by atoms with Crippen LogP contribution in [0.15, 0.2) is 18.2 Å². The molecule has 1 unspecified atom stereocenters. The molecule has 1 aliphatic heterocycles. The number of fused-ring (bicyclic) bond motifs is 1. The summed E-state index contributed by atoms with van der Waals surface area (Å²) in [7, 11) is 1.50. The Morgan fingerprint density at radius 2 is 2.21 bits per heavy atom. The lowest BCUT2D eigenvalue weighted by atomic mass is 9.96. The summed E-state index contributed by atoms with van der Waals surface area (Å²) in [5, 5.41) is 3.85. The third-order valence-electron chi connectivity index (χ3n) is 3.24. The molecule has 0 aromatic heterocycles. The van der Waals surface area contributed by atoms with E-state index in [0.29, 0.717) is 12.8 Å². The van der Waals surface area contributed by atoms with Crippen LogP contribution in [0.4, 0.5) is 5.69 Å². The monoisotopic (exact) mass is 262 g/mol. The van der Waals surface area contributed by atoms with Crippen molar-refractivity contribution in [2.24, 2.45) is 11.6 Å². The highest BCUT2D eigenvalue weighted by molar-refractivity contribution is 5.93. The van der Waals surface area contributed by atoms with Gasteiger partial charge in [0.1, 0.15) is 0 Å². The molecule has 1 atom stereocenters. The minimum Gasteiger partial charge on any atom is -0.326 e. The molecular formula is C13H18N4O2. The molecule has 0 saturated carbocycles. The van der Waals surface area contributed by atoms with E-state index >= 15 is 0 Å². The molecule has 6 nitrogen and oxygen atoms in total. The second-order valence-electron chi connectivity index (χ2n) is 4.78. The number of hydrazine groups is 1. The van der Waals surface area contributed by atoms with E-state index in [2.05, 4.69) is 5.32 Å². The Morgan fingerprint density at radius 3 is 2.89 bits per heavy atom. The molecule has 5 N–H and O–H groups in total. The third kappa shape index (κ3) is 3.10. The molecule has 1 aliphatic rings. The Labute approximate surface area is 111 Å². The topological polar surface area (TPSA) is 101 Å². The lowest BCUT2D eigenvalue weighted by molar-refractivity contribution is -0.130. The van der Waals surface area contributed by atoms with Crippen LogP contribution in [-0.4, -0.2) is 23.9 Å². The van der Waals surface area contributed by atoms with Crippen LogP contribution < -0.4 is 16.9 Å². The van der Waals surface area contributed by atoms with Crippen molar-refractivity contribution in [3.63, 3.8) is 0 Å². The minimum absolute atomic E-state index is 0.0319. The third-order valence-corrected chi connectivity index (χ3v) is 3.24. The number of nitrogens with one attached hydrogen (secondary N) is 1. The van der Waals surface area contributed by atoms with Crippen LogP contribution in [0.25, 0.3) is 0 Å². The number of carbonyl (C=O) groups excluding carboxylic acids is 2. The van der Waals surface area contributed by atoms with E-state index in [1.165, 1.54) is 7.05 Å². The average Bonchev–Trinajstić information content (AvgIpc) is 2.37. The molecule has 6 heteroatoms. The van der Waals surface area contributed by atoms with Gasteiger partial charge in [-0.1, -0.05) is 12.1 Å². The van der Waals surface area contributed by atoms with Gasteiger partial charge in [-0.2, -0.15) is 0 Å². The fraction of sp³-hybridized carbons (Fsp3) is 0.385. The summed E-state index contributed by atoms with van der Waals surface area (Å²) in [6, 6.07) is 5.22. The number of rotatable bonds is 3. The molecule has 0 aliphatic carbocycles. The second-order valence-corrected chi connectivity index (χ2v) is 4.78. The Morgan fingerprint density at radius 1 is 1.47 bits per heavy atom. The maximum absolute atomic E-state index is 11.5. The van der Waals surface area contributed by atoms with E-state index in [-0.39, 0.29) is 24.3 Å². The summed E-state index contributed by atoms with van der Waals surface area (Å²) < 4.78 is 0. The highest BCUT2D eigenvalue weighted by Gasteiger charge is 2.18. The van der Waals surface area contributed by atoms with E-state index in [0.717, 1.165) is 21.8 Å². The van der Waals surface area contributed by atoms with E-state index in [1.807, 2.05) is 18.2 Å². The highest BCUT2D eigenvalue weighted by atomic mass is 16.2. The molecule has 2 rings (SSSR count). The van der Waals surface area contributed by atoms with Crippen molar-refractivity contribution < 1.29 is 9.59 Å². The number of carbonyl (C=O) groups is 2. The summed E-state index contributed by atoms with van der Waals surface area (Å²) in [5.41, 5.74) is 8.77. The number of amides is 2. The van der Waals surface area contributed by atoms with E-state index < -0.39 is 0 Å². The van der Waals surface area contributed by atoms with Crippen LogP contribution in [0.2, 0.25) is 0 Å². The quantitative estimate of drug-likeness (QED) is 0.414. The fourth-order valence-corrected chi connectivity index (χ4v) is 2.08. The molecule has 0 fully saturated rings. The molecule has 1 aromatic rings. The van der Waals surface area contributed by atoms with Crippen LogP contribution in [0.1, 0.15) is 30.0 Å². The van der Waals surface area contributed by atoms with E-state index in [1.54, 1.807) is 0 Å². The van der Waals surface area contributed by atoms with Gasteiger partial charge in [-0.25, -0.2) is 5.84 Å². The summed E-state index contributed by atoms with van der Waals surface area (Å²) in [4.78, 5) is 22.8. The molecule has 1 aromatic carbocycles. The Bertz CT molecular complexity index is 513. The van der Waals surface area contributed by atoms with E-state index in [9.17, 15) is 9.59 Å². The molecule has 0 saturated heterocycles. The predicted molar refractivity (Wildman–Crippen MR) is 71.9 cm³/mol. The lowest BCUT2D eigenvalue weighted by Crippen LogP contribution is -2.35. The Hall–Kier alpha value is -1.92. The number of nitrogens with zero attached hydrogens (tertiary/aromatic N) is 1. The SMILES string of the molecule is CN(N)C(=O)CC(N)c1ccc2c(c1)CCC(=O)N2. The van der Waals surface area contributed by atoms with Crippen LogP contribution in [0.5, 0.6) is 0 Å². The van der Waals surface area contributed by atoms with Crippen LogP contribution >= 0.6 is 0 Å². The zero-order chi connectivity index (χ0) is 14.0. The first-order valence-electron chi connectivity index (χ1n) is 6.17. The van der Waals surface area contributed by atoms with Crippen molar-refractivity contribution in [1.82, 2.24) is 5.01 Å². The highest BCUT2D eigenvalue weighted by Crippen LogP contribution is 2.26. The average molecular weight is 262 g/mol. The van der Waals surface area contributed by atoms with E-state index in [4.69, 9.17) is 11.6 Å². The van der Waals surface area contributed by atoms with Gasteiger partial charge in [-0.15, -0.1) is 0 Å². The van der Waals surface area contributed by atoms with Crippen LogP contribution in [-0.2, 0) is 16.0 Å². The zero-order valence-corrected chi connectivity index (χ0v) is 10.8. The minimum atomic E-state index is -0.388. The number of benzene rings is 1. The lowest BCUT2D eigenvalue weighted by Gasteiger charge is -2.20. The normalized spacial score (nSPS) is 15.4. The van der Waals surface area contributed by atoms with Crippen molar-refractivity contribution in [2.75, 3.05) is 12.4 Å². The summed E-state index contributed by atoms with van der Waals surface area (Å²) in [6.45, 7) is 0. The van der Waals surface area contributed by atoms with Crippen molar-refractivity contribution in [3.8, 4) is 0 Å². The Kier molecular flexibility index (Phi) is 3.82. The van der Waals surface area contributed by atoms with Crippen molar-refractivity contribution in [2.45, 2.75) is 25.3 Å². The van der Waals surface area contributed by atoms with Crippen LogP contribution in [0, 0.1) is 0 Å². The van der Waals surface area contributed by atoms with Gasteiger partial charge in [0.2, 0.25) is 11.8 Å². The number of aryl methyl sites for hydroxylation is 1. The van der Waals surface area contributed by atoms with Gasteiger partial charge in [-0.3, -0.25) is 14.6 Å². The molecule has 0 bridgehead atoms.